The molecule has 0 aromatic heterocycles. The lowest BCUT2D eigenvalue weighted by Gasteiger charge is -2.33. The quantitative estimate of drug-likeness (QED) is 0.580. The van der Waals surface area contributed by atoms with Crippen LogP contribution in [-0.2, 0) is 9.59 Å². The standard InChI is InChI=1S/C30H39N3O4/c34-28(24-14-13-22-11-5-6-12-23(22)18-24)31-26(17-21-9-3-1-4-10-21)29(35)33-20-25(19-27(33)30(36)37)32-15-7-2-8-16-32/h5-6,11-14,18,21,25-27H,1-4,7-10,15-17,19-20H2,(H,31,34)(H,36,37)/t25-,26+,27-/m0/s1. The fourth-order valence-electron chi connectivity index (χ4n) is 6.59. The summed E-state index contributed by atoms with van der Waals surface area (Å²) in [6.45, 7) is 2.34. The maximum atomic E-state index is 14.0. The van der Waals surface area contributed by atoms with Gasteiger partial charge in [-0.3, -0.25) is 14.5 Å². The number of rotatable bonds is 7. The maximum Gasteiger partial charge on any atom is 0.326 e. The van der Waals surface area contributed by atoms with Crippen LogP contribution in [-0.4, -0.2) is 70.4 Å². The van der Waals surface area contributed by atoms with E-state index in [-0.39, 0.29) is 17.9 Å². The Morgan fingerprint density at radius 1 is 0.919 bits per heavy atom. The van der Waals surface area contributed by atoms with Crippen LogP contribution in [0.1, 0.15) is 74.6 Å². The molecule has 2 N–H and O–H groups in total. The van der Waals surface area contributed by atoms with Gasteiger partial charge in [-0.1, -0.05) is 68.9 Å². The van der Waals surface area contributed by atoms with Gasteiger partial charge in [0.2, 0.25) is 5.91 Å². The molecule has 0 unspecified atom stereocenters. The first-order valence-corrected chi connectivity index (χ1v) is 14.1. The second-order valence-corrected chi connectivity index (χ2v) is 11.2. The molecule has 5 rings (SSSR count). The summed E-state index contributed by atoms with van der Waals surface area (Å²) in [4.78, 5) is 43.5. The summed E-state index contributed by atoms with van der Waals surface area (Å²) >= 11 is 0. The molecule has 0 spiro atoms. The van der Waals surface area contributed by atoms with E-state index in [1.807, 2.05) is 36.4 Å². The van der Waals surface area contributed by atoms with E-state index in [1.54, 1.807) is 11.0 Å². The van der Waals surface area contributed by atoms with E-state index in [4.69, 9.17) is 0 Å². The molecule has 0 bridgehead atoms. The van der Waals surface area contributed by atoms with Gasteiger partial charge in [-0.05, 0) is 67.6 Å². The van der Waals surface area contributed by atoms with E-state index in [9.17, 15) is 19.5 Å². The molecule has 0 radical (unpaired) electrons. The normalized spacial score (nSPS) is 24.2. The Morgan fingerprint density at radius 2 is 1.62 bits per heavy atom. The van der Waals surface area contributed by atoms with Gasteiger partial charge >= 0.3 is 5.97 Å². The number of benzene rings is 2. The average molecular weight is 506 g/mol. The van der Waals surface area contributed by atoms with Crippen LogP contribution in [0, 0.1) is 5.92 Å². The highest BCUT2D eigenvalue weighted by atomic mass is 16.4. The van der Waals surface area contributed by atoms with E-state index in [2.05, 4.69) is 10.2 Å². The Hall–Kier alpha value is -2.93. The van der Waals surface area contributed by atoms with E-state index in [0.717, 1.165) is 62.4 Å². The molecular weight excluding hydrogens is 466 g/mol. The van der Waals surface area contributed by atoms with Crippen molar-refractivity contribution in [2.24, 2.45) is 5.92 Å². The summed E-state index contributed by atoms with van der Waals surface area (Å²) in [6, 6.07) is 12.0. The van der Waals surface area contributed by atoms with Gasteiger partial charge in [0.15, 0.2) is 0 Å². The fourth-order valence-corrected chi connectivity index (χ4v) is 6.59. The third-order valence-electron chi connectivity index (χ3n) is 8.66. The van der Waals surface area contributed by atoms with Gasteiger partial charge in [0, 0.05) is 18.2 Å². The molecule has 198 valence electrons. The Labute approximate surface area is 219 Å². The molecule has 3 atom stereocenters. The van der Waals surface area contributed by atoms with Crippen molar-refractivity contribution in [2.75, 3.05) is 19.6 Å². The van der Waals surface area contributed by atoms with Crippen LogP contribution < -0.4 is 5.32 Å². The number of nitrogens with zero attached hydrogens (tertiary/aromatic N) is 2. The van der Waals surface area contributed by atoms with E-state index >= 15 is 0 Å². The Morgan fingerprint density at radius 3 is 2.35 bits per heavy atom. The first-order valence-electron chi connectivity index (χ1n) is 14.1. The summed E-state index contributed by atoms with van der Waals surface area (Å²) in [5.41, 5.74) is 0.516. The molecule has 2 aromatic rings. The number of aliphatic carboxylic acids is 1. The molecule has 1 saturated carbocycles. The van der Waals surface area contributed by atoms with Gasteiger partial charge in [-0.2, -0.15) is 0 Å². The predicted octanol–water partition coefficient (Wildman–Crippen LogP) is 4.45. The van der Waals surface area contributed by atoms with Crippen LogP contribution in [0.15, 0.2) is 42.5 Å². The zero-order valence-electron chi connectivity index (χ0n) is 21.6. The Bertz CT molecular complexity index is 1120. The average Bonchev–Trinajstić information content (AvgIpc) is 3.39. The summed E-state index contributed by atoms with van der Waals surface area (Å²) < 4.78 is 0. The molecule has 37 heavy (non-hydrogen) atoms. The lowest BCUT2D eigenvalue weighted by atomic mass is 9.84. The third-order valence-corrected chi connectivity index (χ3v) is 8.66. The van der Waals surface area contributed by atoms with Crippen molar-refractivity contribution >= 4 is 28.6 Å². The number of nitrogens with one attached hydrogen (secondary N) is 1. The molecule has 2 aliphatic heterocycles. The van der Waals surface area contributed by atoms with Crippen molar-refractivity contribution in [3.05, 3.63) is 48.0 Å². The molecule has 2 amide bonds. The zero-order valence-corrected chi connectivity index (χ0v) is 21.6. The van der Waals surface area contributed by atoms with Crippen molar-refractivity contribution in [3.63, 3.8) is 0 Å². The van der Waals surface area contributed by atoms with Crippen LogP contribution in [0.2, 0.25) is 0 Å². The van der Waals surface area contributed by atoms with Gasteiger partial charge in [-0.25, -0.2) is 4.79 Å². The van der Waals surface area contributed by atoms with Crippen molar-refractivity contribution in [1.82, 2.24) is 15.1 Å². The Kier molecular flexibility index (Phi) is 8.08. The monoisotopic (exact) mass is 505 g/mol. The summed E-state index contributed by atoms with van der Waals surface area (Å²) in [5.74, 6) is -1.11. The molecule has 7 heteroatoms. The molecule has 3 fully saturated rings. The maximum absolute atomic E-state index is 14.0. The van der Waals surface area contributed by atoms with Gasteiger partial charge in [0.05, 0.1) is 0 Å². The predicted molar refractivity (Wildman–Crippen MR) is 143 cm³/mol. The minimum Gasteiger partial charge on any atom is -0.480 e. The number of amides is 2. The number of fused-ring (bicyclic) bond motifs is 1. The number of likely N-dealkylation sites (tertiary alicyclic amines) is 2. The van der Waals surface area contributed by atoms with Crippen molar-refractivity contribution in [1.29, 1.82) is 0 Å². The number of carboxylic acid groups (broad SMARTS) is 1. The second kappa shape index (κ2) is 11.6. The summed E-state index contributed by atoms with van der Waals surface area (Å²) in [7, 11) is 0. The molecular formula is C30H39N3O4. The highest BCUT2D eigenvalue weighted by Gasteiger charge is 2.44. The number of hydrogen-bond donors (Lipinski definition) is 2. The summed E-state index contributed by atoms with van der Waals surface area (Å²) in [6.07, 6.45) is 10.1. The topological polar surface area (TPSA) is 90.0 Å². The Balaban J connectivity index is 1.36. The van der Waals surface area contributed by atoms with Crippen LogP contribution in [0.4, 0.5) is 0 Å². The minimum absolute atomic E-state index is 0.0665. The molecule has 7 nitrogen and oxygen atoms in total. The zero-order chi connectivity index (χ0) is 25.8. The van der Waals surface area contributed by atoms with Gasteiger partial charge in [0.25, 0.3) is 5.91 Å². The molecule has 1 aliphatic carbocycles. The van der Waals surface area contributed by atoms with Crippen molar-refractivity contribution < 1.29 is 19.5 Å². The molecule has 3 aliphatic rings. The first kappa shape index (κ1) is 25.7. The highest BCUT2D eigenvalue weighted by molar-refractivity contribution is 6.01. The van der Waals surface area contributed by atoms with Crippen molar-refractivity contribution in [2.45, 2.75) is 82.3 Å². The SMILES string of the molecule is O=C(N[C@H](CC1CCCCC1)C(=O)N1C[C@@H](N2CCCCC2)C[C@H]1C(=O)O)c1ccc2ccccc2c1. The molecule has 2 saturated heterocycles. The lowest BCUT2D eigenvalue weighted by Crippen LogP contribution is -2.53. The largest absolute Gasteiger partial charge is 0.480 e. The van der Waals surface area contributed by atoms with Crippen LogP contribution >= 0.6 is 0 Å². The van der Waals surface area contributed by atoms with Gasteiger partial charge in [0.1, 0.15) is 12.1 Å². The second-order valence-electron chi connectivity index (χ2n) is 11.2. The van der Waals surface area contributed by atoms with E-state index < -0.39 is 18.1 Å². The number of piperidine rings is 1. The van der Waals surface area contributed by atoms with Crippen LogP contribution in [0.3, 0.4) is 0 Å². The van der Waals surface area contributed by atoms with E-state index in [1.165, 1.54) is 12.8 Å². The lowest BCUT2D eigenvalue weighted by molar-refractivity contribution is -0.149. The van der Waals surface area contributed by atoms with Crippen LogP contribution in [0.25, 0.3) is 10.8 Å². The van der Waals surface area contributed by atoms with Crippen molar-refractivity contribution in [3.8, 4) is 0 Å². The fraction of sp³-hybridized carbons (Fsp3) is 0.567. The molecule has 2 aromatic carbocycles. The smallest absolute Gasteiger partial charge is 0.326 e. The highest BCUT2D eigenvalue weighted by Crippen LogP contribution is 2.30. The van der Waals surface area contributed by atoms with Crippen LogP contribution in [0.5, 0.6) is 0 Å². The number of carboxylic acids is 1. The third kappa shape index (κ3) is 5.98. The number of hydrogen-bond acceptors (Lipinski definition) is 4. The first-order chi connectivity index (χ1) is 18.0. The molecule has 2 heterocycles. The van der Waals surface area contributed by atoms with E-state index in [0.29, 0.717) is 30.9 Å². The number of carbonyl (C=O) groups excluding carboxylic acids is 2. The number of carbonyl (C=O) groups is 3. The van der Waals surface area contributed by atoms with Gasteiger partial charge < -0.3 is 15.3 Å². The summed E-state index contributed by atoms with van der Waals surface area (Å²) in [5, 5.41) is 15.1. The minimum atomic E-state index is -0.954. The van der Waals surface area contributed by atoms with Gasteiger partial charge in [-0.15, -0.1) is 0 Å².